The largest absolute Gasteiger partial charge is 0.345 e. The monoisotopic (exact) mass is 400 g/mol. The highest BCUT2D eigenvalue weighted by atomic mass is 16.1. The van der Waals surface area contributed by atoms with Crippen LogP contribution >= 0.6 is 0 Å². The molecule has 3 nitrogen and oxygen atoms in total. The fourth-order valence-corrected chi connectivity index (χ4v) is 4.06. The number of carbonyl (C=O) groups excluding carboxylic acids is 1. The average molecular weight is 401 g/mol. The number of benzene rings is 1. The minimum absolute atomic E-state index is 0.0552. The van der Waals surface area contributed by atoms with E-state index in [1.165, 1.54) is 44.9 Å². The minimum Gasteiger partial charge on any atom is -0.345 e. The molecule has 0 aliphatic carbocycles. The first-order valence-corrected chi connectivity index (χ1v) is 11.7. The van der Waals surface area contributed by atoms with E-state index in [0.717, 1.165) is 31.2 Å². The van der Waals surface area contributed by atoms with E-state index in [4.69, 9.17) is 5.73 Å². The van der Waals surface area contributed by atoms with Gasteiger partial charge in [-0.3, -0.25) is 4.79 Å². The fraction of sp³-hybridized carbons (Fsp3) is 0.654. The summed E-state index contributed by atoms with van der Waals surface area (Å²) in [4.78, 5) is 12.7. The van der Waals surface area contributed by atoms with E-state index in [0.29, 0.717) is 0 Å². The van der Waals surface area contributed by atoms with Gasteiger partial charge in [-0.2, -0.15) is 0 Å². The van der Waals surface area contributed by atoms with Crippen molar-refractivity contribution >= 4 is 12.0 Å². The smallest absolute Gasteiger partial charge is 0.244 e. The third-order valence-electron chi connectivity index (χ3n) is 5.96. The summed E-state index contributed by atoms with van der Waals surface area (Å²) in [6, 6.07) is 9.92. The zero-order valence-electron chi connectivity index (χ0n) is 19.3. The molecule has 0 spiro atoms. The minimum atomic E-state index is -0.472. The van der Waals surface area contributed by atoms with Crippen molar-refractivity contribution < 1.29 is 4.79 Å². The third-order valence-corrected chi connectivity index (χ3v) is 5.96. The van der Waals surface area contributed by atoms with Crippen molar-refractivity contribution in [3.8, 4) is 0 Å². The second-order valence-electron chi connectivity index (χ2n) is 9.01. The molecule has 1 atom stereocenters. The molecule has 1 rings (SSSR count). The number of nitrogens with two attached hydrogens (primary N) is 1. The summed E-state index contributed by atoms with van der Waals surface area (Å²) in [7, 11) is 0. The van der Waals surface area contributed by atoms with Gasteiger partial charge in [-0.15, -0.1) is 0 Å². The van der Waals surface area contributed by atoms with Crippen LogP contribution in [0.2, 0.25) is 0 Å². The highest BCUT2D eigenvalue weighted by Crippen LogP contribution is 2.31. The Balaban J connectivity index is 2.66. The molecule has 0 radical (unpaired) electrons. The number of hydrogen-bond acceptors (Lipinski definition) is 2. The number of hydrogen-bond donors (Lipinski definition) is 2. The lowest BCUT2D eigenvalue weighted by molar-refractivity contribution is -0.119. The van der Waals surface area contributed by atoms with Gasteiger partial charge in [0.25, 0.3) is 0 Å². The first-order chi connectivity index (χ1) is 13.8. The van der Waals surface area contributed by atoms with Crippen LogP contribution in [0.5, 0.6) is 0 Å². The second kappa shape index (κ2) is 13.6. The topological polar surface area (TPSA) is 55.1 Å². The van der Waals surface area contributed by atoms with Gasteiger partial charge in [0.15, 0.2) is 0 Å². The van der Waals surface area contributed by atoms with E-state index < -0.39 is 5.54 Å². The molecule has 1 unspecified atom stereocenters. The van der Waals surface area contributed by atoms with Crippen molar-refractivity contribution in [2.45, 2.75) is 109 Å². The molecule has 164 valence electrons. The maximum atomic E-state index is 12.7. The quantitative estimate of drug-likeness (QED) is 0.257. The van der Waals surface area contributed by atoms with Crippen LogP contribution in [-0.2, 0) is 4.79 Å². The molecule has 3 heteroatoms. The van der Waals surface area contributed by atoms with Gasteiger partial charge in [0, 0.05) is 11.6 Å². The number of unbranched alkanes of at least 4 members (excludes halogenated alkanes) is 7. The zero-order chi connectivity index (χ0) is 21.6. The molecule has 0 aliphatic rings. The first kappa shape index (κ1) is 25.4. The molecule has 1 aromatic rings. The van der Waals surface area contributed by atoms with Crippen LogP contribution in [0.25, 0.3) is 6.08 Å². The summed E-state index contributed by atoms with van der Waals surface area (Å²) in [5, 5.41) is 3.31. The number of amides is 1. The van der Waals surface area contributed by atoms with Gasteiger partial charge < -0.3 is 11.1 Å². The van der Waals surface area contributed by atoms with Gasteiger partial charge in [-0.05, 0) is 38.3 Å². The van der Waals surface area contributed by atoms with Crippen LogP contribution in [-0.4, -0.2) is 17.0 Å². The molecule has 1 amide bonds. The Bertz CT molecular complexity index is 588. The van der Waals surface area contributed by atoms with E-state index >= 15 is 0 Å². The van der Waals surface area contributed by atoms with E-state index in [2.05, 4.69) is 33.0 Å². The summed E-state index contributed by atoms with van der Waals surface area (Å²) in [5.74, 6) is -0.0552. The summed E-state index contributed by atoms with van der Waals surface area (Å²) < 4.78 is 0. The van der Waals surface area contributed by atoms with Gasteiger partial charge in [0.2, 0.25) is 5.91 Å². The van der Waals surface area contributed by atoms with Gasteiger partial charge >= 0.3 is 0 Å². The molecular formula is C26H44N2O. The second-order valence-corrected chi connectivity index (χ2v) is 9.01. The van der Waals surface area contributed by atoms with Crippen LogP contribution in [0.3, 0.4) is 0 Å². The molecule has 1 aromatic carbocycles. The molecule has 29 heavy (non-hydrogen) atoms. The predicted molar refractivity (Wildman–Crippen MR) is 127 cm³/mol. The Morgan fingerprint density at radius 1 is 0.897 bits per heavy atom. The highest BCUT2D eigenvalue weighted by molar-refractivity contribution is 5.92. The van der Waals surface area contributed by atoms with Crippen molar-refractivity contribution in [3.05, 3.63) is 42.0 Å². The Labute approximate surface area is 179 Å². The van der Waals surface area contributed by atoms with Crippen molar-refractivity contribution in [1.82, 2.24) is 5.32 Å². The summed E-state index contributed by atoms with van der Waals surface area (Å²) in [5.41, 5.74) is 6.80. The molecule has 0 aliphatic heterocycles. The first-order valence-electron chi connectivity index (χ1n) is 11.7. The molecule has 3 N–H and O–H groups in total. The molecule has 0 fully saturated rings. The van der Waals surface area contributed by atoms with E-state index in [-0.39, 0.29) is 11.4 Å². The van der Waals surface area contributed by atoms with Crippen molar-refractivity contribution in [1.29, 1.82) is 0 Å². The standard InChI is InChI=1S/C26H44N2O/c1-5-7-8-9-10-11-12-16-22-26(21-6-2,25(3,4)27)28-24(29)20-19-23-17-14-13-15-18-23/h13-15,17-20H,5-12,16,21-22,27H2,1-4H3,(H,28,29). The van der Waals surface area contributed by atoms with Gasteiger partial charge in [-0.1, -0.05) is 102 Å². The molecular weight excluding hydrogens is 356 g/mol. The van der Waals surface area contributed by atoms with Crippen LogP contribution in [0.4, 0.5) is 0 Å². The number of nitrogens with one attached hydrogen (secondary N) is 1. The van der Waals surface area contributed by atoms with Gasteiger partial charge in [0.1, 0.15) is 0 Å². The lowest BCUT2D eigenvalue weighted by Crippen LogP contribution is -2.65. The van der Waals surface area contributed by atoms with Gasteiger partial charge in [-0.25, -0.2) is 0 Å². The Morgan fingerprint density at radius 3 is 2.03 bits per heavy atom. The highest BCUT2D eigenvalue weighted by Gasteiger charge is 2.42. The van der Waals surface area contributed by atoms with Crippen molar-refractivity contribution in [3.63, 3.8) is 0 Å². The maximum Gasteiger partial charge on any atom is 0.244 e. The van der Waals surface area contributed by atoms with Gasteiger partial charge in [0.05, 0.1) is 5.54 Å². The van der Waals surface area contributed by atoms with Crippen LogP contribution in [0.1, 0.15) is 104 Å². The summed E-state index contributed by atoms with van der Waals surface area (Å²) in [6.07, 6.45) is 16.6. The average Bonchev–Trinajstić information content (AvgIpc) is 2.68. The van der Waals surface area contributed by atoms with Crippen molar-refractivity contribution in [2.24, 2.45) is 5.73 Å². The SMILES string of the molecule is CCCCCCCCCCC(CCC)(NC(=O)C=Cc1ccccc1)C(C)(C)N. The van der Waals surface area contributed by atoms with Crippen LogP contribution < -0.4 is 11.1 Å². The van der Waals surface area contributed by atoms with E-state index in [1.54, 1.807) is 6.08 Å². The Morgan fingerprint density at radius 2 is 1.48 bits per heavy atom. The Hall–Kier alpha value is -1.61. The van der Waals surface area contributed by atoms with Crippen LogP contribution in [0, 0.1) is 0 Å². The molecule has 0 bridgehead atoms. The molecule has 0 saturated carbocycles. The van der Waals surface area contributed by atoms with E-state index in [9.17, 15) is 4.79 Å². The molecule has 0 heterocycles. The maximum absolute atomic E-state index is 12.7. The zero-order valence-corrected chi connectivity index (χ0v) is 19.3. The molecule has 0 aromatic heterocycles. The summed E-state index contributed by atoms with van der Waals surface area (Å²) in [6.45, 7) is 8.52. The molecule has 0 saturated heterocycles. The number of carbonyl (C=O) groups is 1. The normalized spacial score (nSPS) is 14.1. The van der Waals surface area contributed by atoms with Crippen LogP contribution in [0.15, 0.2) is 36.4 Å². The third kappa shape index (κ3) is 9.62. The lowest BCUT2D eigenvalue weighted by Gasteiger charge is -2.45. The predicted octanol–water partition coefficient (Wildman–Crippen LogP) is 6.62. The summed E-state index contributed by atoms with van der Waals surface area (Å²) >= 11 is 0. The van der Waals surface area contributed by atoms with Crippen molar-refractivity contribution in [2.75, 3.05) is 0 Å². The fourth-order valence-electron chi connectivity index (χ4n) is 4.06. The Kier molecular flexibility index (Phi) is 11.9. The lowest BCUT2D eigenvalue weighted by atomic mass is 9.73. The number of rotatable bonds is 15. The van der Waals surface area contributed by atoms with E-state index in [1.807, 2.05) is 36.4 Å².